The number of halogens is 5. The molecule has 0 aliphatic heterocycles. The molecule has 2 heterocycles. The van der Waals surface area contributed by atoms with Crippen LogP contribution in [0.3, 0.4) is 0 Å². The molecule has 9 heteroatoms. The van der Waals surface area contributed by atoms with E-state index >= 15 is 0 Å². The number of benzene rings is 1. The predicted octanol–water partition coefficient (Wildman–Crippen LogP) is 4.60. The Labute approximate surface area is 163 Å². The Morgan fingerprint density at radius 3 is 2.71 bits per heavy atom. The van der Waals surface area contributed by atoms with E-state index < -0.39 is 29.6 Å². The van der Waals surface area contributed by atoms with Gasteiger partial charge in [0.05, 0.1) is 6.42 Å². The largest absolute Gasteiger partial charge is 0.431 e. The zero-order valence-electron chi connectivity index (χ0n) is 14.7. The van der Waals surface area contributed by atoms with Gasteiger partial charge < -0.3 is 9.88 Å². The maximum Gasteiger partial charge on any atom is 0.431 e. The molecule has 0 bridgehead atoms. The van der Waals surface area contributed by atoms with Crippen LogP contribution in [0.4, 0.5) is 17.6 Å². The predicted molar refractivity (Wildman–Crippen MR) is 97.5 cm³/mol. The molecule has 0 fully saturated rings. The lowest BCUT2D eigenvalue weighted by molar-refractivity contribution is -0.143. The Morgan fingerprint density at radius 2 is 2.04 bits per heavy atom. The molecule has 1 aromatic carbocycles. The van der Waals surface area contributed by atoms with Gasteiger partial charge in [-0.05, 0) is 42.8 Å². The Bertz CT molecular complexity index is 1020. The van der Waals surface area contributed by atoms with E-state index in [1.165, 1.54) is 18.3 Å². The molecule has 3 aromatic rings. The number of hydrogen-bond donors (Lipinski definition) is 1. The molecule has 0 saturated heterocycles. The van der Waals surface area contributed by atoms with E-state index in [0.29, 0.717) is 10.9 Å². The van der Waals surface area contributed by atoms with Gasteiger partial charge in [0.2, 0.25) is 5.91 Å². The van der Waals surface area contributed by atoms with E-state index in [9.17, 15) is 22.4 Å². The van der Waals surface area contributed by atoms with Gasteiger partial charge in [-0.2, -0.15) is 13.2 Å². The summed E-state index contributed by atoms with van der Waals surface area (Å²) >= 11 is 5.90. The van der Waals surface area contributed by atoms with Crippen LogP contribution in [0, 0.1) is 5.82 Å². The molecule has 28 heavy (non-hydrogen) atoms. The van der Waals surface area contributed by atoms with Crippen molar-refractivity contribution in [1.82, 2.24) is 14.9 Å². The third-order valence-corrected chi connectivity index (χ3v) is 4.53. The summed E-state index contributed by atoms with van der Waals surface area (Å²) in [6.45, 7) is 1.48. The second-order valence-electron chi connectivity index (χ2n) is 6.44. The fraction of sp³-hybridized carbons (Fsp3) is 0.263. The molecule has 0 saturated carbocycles. The van der Waals surface area contributed by atoms with Crippen molar-refractivity contribution in [1.29, 1.82) is 0 Å². The first-order valence-electron chi connectivity index (χ1n) is 8.40. The SMILES string of the molecule is C[C@@H](Cn1c(C(F)(F)F)cc2cccnc21)NC(=O)Cc1ccc(F)cc1Cl. The van der Waals surface area contributed by atoms with Gasteiger partial charge in [0.25, 0.3) is 0 Å². The quantitative estimate of drug-likeness (QED) is 0.622. The third kappa shape index (κ3) is 4.44. The highest BCUT2D eigenvalue weighted by molar-refractivity contribution is 6.31. The molecule has 1 N–H and O–H groups in total. The van der Waals surface area contributed by atoms with Gasteiger partial charge in [0.15, 0.2) is 0 Å². The van der Waals surface area contributed by atoms with Crippen molar-refractivity contribution in [2.75, 3.05) is 0 Å². The average Bonchev–Trinajstić information content (AvgIpc) is 2.96. The molecule has 1 atom stereocenters. The Balaban J connectivity index is 1.76. The highest BCUT2D eigenvalue weighted by Gasteiger charge is 2.36. The minimum Gasteiger partial charge on any atom is -0.352 e. The smallest absolute Gasteiger partial charge is 0.352 e. The summed E-state index contributed by atoms with van der Waals surface area (Å²) in [5, 5.41) is 3.13. The van der Waals surface area contributed by atoms with E-state index in [0.717, 1.165) is 16.7 Å². The van der Waals surface area contributed by atoms with Gasteiger partial charge in [-0.25, -0.2) is 9.37 Å². The van der Waals surface area contributed by atoms with Crippen molar-refractivity contribution >= 4 is 28.5 Å². The highest BCUT2D eigenvalue weighted by atomic mass is 35.5. The van der Waals surface area contributed by atoms with Crippen LogP contribution in [0.15, 0.2) is 42.6 Å². The number of pyridine rings is 1. The molecule has 0 spiro atoms. The van der Waals surface area contributed by atoms with Crippen LogP contribution in [0.25, 0.3) is 11.0 Å². The van der Waals surface area contributed by atoms with Crippen LogP contribution >= 0.6 is 11.6 Å². The topological polar surface area (TPSA) is 46.9 Å². The molecule has 4 nitrogen and oxygen atoms in total. The van der Waals surface area contributed by atoms with Crippen molar-refractivity contribution in [2.45, 2.75) is 32.1 Å². The third-order valence-electron chi connectivity index (χ3n) is 4.18. The average molecular weight is 414 g/mol. The maximum absolute atomic E-state index is 13.4. The number of nitrogens with zero attached hydrogens (tertiary/aromatic N) is 2. The van der Waals surface area contributed by atoms with Gasteiger partial charge >= 0.3 is 6.18 Å². The first-order valence-corrected chi connectivity index (χ1v) is 8.77. The molecule has 3 rings (SSSR count). The van der Waals surface area contributed by atoms with E-state index in [2.05, 4.69) is 10.3 Å². The number of amides is 1. The van der Waals surface area contributed by atoms with E-state index in [1.54, 1.807) is 19.1 Å². The van der Waals surface area contributed by atoms with E-state index in [-0.39, 0.29) is 23.6 Å². The van der Waals surface area contributed by atoms with Crippen molar-refractivity contribution in [3.05, 3.63) is 64.7 Å². The zero-order valence-corrected chi connectivity index (χ0v) is 15.5. The minimum atomic E-state index is -4.55. The summed E-state index contributed by atoms with van der Waals surface area (Å²) in [6, 6.07) is 7.22. The van der Waals surface area contributed by atoms with Gasteiger partial charge in [0.1, 0.15) is 17.2 Å². The number of nitrogens with one attached hydrogen (secondary N) is 1. The van der Waals surface area contributed by atoms with Gasteiger partial charge in [-0.1, -0.05) is 17.7 Å². The molecular weight excluding hydrogens is 398 g/mol. The van der Waals surface area contributed by atoms with E-state index in [1.807, 2.05) is 0 Å². The van der Waals surface area contributed by atoms with Crippen LogP contribution in [0.1, 0.15) is 18.2 Å². The Hall–Kier alpha value is -2.61. The lowest BCUT2D eigenvalue weighted by Crippen LogP contribution is -2.37. The first-order chi connectivity index (χ1) is 13.1. The highest BCUT2D eigenvalue weighted by Crippen LogP contribution is 2.33. The van der Waals surface area contributed by atoms with Crippen LogP contribution in [0.2, 0.25) is 5.02 Å². The van der Waals surface area contributed by atoms with Crippen molar-refractivity contribution < 1.29 is 22.4 Å². The number of carbonyl (C=O) groups is 1. The second kappa shape index (κ2) is 7.79. The monoisotopic (exact) mass is 413 g/mol. The summed E-state index contributed by atoms with van der Waals surface area (Å²) in [5.41, 5.74) is -0.210. The van der Waals surface area contributed by atoms with Crippen molar-refractivity contribution in [3.8, 4) is 0 Å². The zero-order chi connectivity index (χ0) is 20.5. The van der Waals surface area contributed by atoms with Crippen molar-refractivity contribution in [3.63, 3.8) is 0 Å². The fourth-order valence-corrected chi connectivity index (χ4v) is 3.22. The molecule has 148 valence electrons. The summed E-state index contributed by atoms with van der Waals surface area (Å²) in [6.07, 6.45) is -3.24. The molecule has 1 amide bonds. The van der Waals surface area contributed by atoms with Gasteiger partial charge in [0, 0.05) is 29.2 Å². The Morgan fingerprint density at radius 1 is 1.29 bits per heavy atom. The van der Waals surface area contributed by atoms with Crippen LogP contribution in [0.5, 0.6) is 0 Å². The number of aromatic nitrogens is 2. The lowest BCUT2D eigenvalue weighted by atomic mass is 10.1. The Kier molecular flexibility index (Phi) is 5.60. The van der Waals surface area contributed by atoms with Crippen molar-refractivity contribution in [2.24, 2.45) is 0 Å². The molecule has 0 aliphatic carbocycles. The number of carbonyl (C=O) groups excluding carboxylic acids is 1. The number of alkyl halides is 3. The standard InChI is InChI=1S/C19H16ClF4N3O/c1-11(26-17(28)8-12-4-5-14(21)9-15(12)20)10-27-16(19(22,23)24)7-13-3-2-6-25-18(13)27/h2-7,9,11H,8,10H2,1H3,(H,26,28)/t11-/m0/s1. The van der Waals surface area contributed by atoms with Crippen LogP contribution < -0.4 is 5.32 Å². The molecule has 0 radical (unpaired) electrons. The molecule has 2 aromatic heterocycles. The molecular formula is C19H16ClF4N3O. The normalized spacial score (nSPS) is 12.9. The number of hydrogen-bond acceptors (Lipinski definition) is 2. The molecule has 0 unspecified atom stereocenters. The molecule has 0 aliphatic rings. The van der Waals surface area contributed by atoms with Gasteiger partial charge in [-0.3, -0.25) is 4.79 Å². The minimum absolute atomic E-state index is 0.111. The summed E-state index contributed by atoms with van der Waals surface area (Å²) in [5.74, 6) is -0.951. The van der Waals surface area contributed by atoms with Gasteiger partial charge in [-0.15, -0.1) is 0 Å². The summed E-state index contributed by atoms with van der Waals surface area (Å²) in [7, 11) is 0. The second-order valence-corrected chi connectivity index (χ2v) is 6.84. The maximum atomic E-state index is 13.4. The van der Waals surface area contributed by atoms with E-state index in [4.69, 9.17) is 11.6 Å². The summed E-state index contributed by atoms with van der Waals surface area (Å²) in [4.78, 5) is 16.3. The summed E-state index contributed by atoms with van der Waals surface area (Å²) < 4.78 is 54.3. The number of fused-ring (bicyclic) bond motifs is 1. The van der Waals surface area contributed by atoms with Crippen LogP contribution in [-0.2, 0) is 23.9 Å². The van der Waals surface area contributed by atoms with Crippen LogP contribution in [-0.4, -0.2) is 21.5 Å². The lowest BCUT2D eigenvalue weighted by Gasteiger charge is -2.18. The number of rotatable bonds is 5. The first kappa shape index (κ1) is 20.1. The fourth-order valence-electron chi connectivity index (χ4n) is 2.99.